The van der Waals surface area contributed by atoms with E-state index in [9.17, 15) is 14.4 Å². The predicted octanol–water partition coefficient (Wildman–Crippen LogP) is 1.52. The van der Waals surface area contributed by atoms with Crippen LogP contribution >= 0.6 is 23.4 Å². The first-order valence-electron chi connectivity index (χ1n) is 7.38. The molecule has 8 nitrogen and oxygen atoms in total. The number of aliphatic carboxylic acids is 1. The molecule has 0 amide bonds. The van der Waals surface area contributed by atoms with Gasteiger partial charge in [0.2, 0.25) is 0 Å². The summed E-state index contributed by atoms with van der Waals surface area (Å²) in [5.74, 6) is -1.14. The Morgan fingerprint density at radius 2 is 1.88 bits per heavy atom. The van der Waals surface area contributed by atoms with Gasteiger partial charge in [-0.2, -0.15) is 0 Å². The summed E-state index contributed by atoms with van der Waals surface area (Å²) >= 11 is 7.09. The van der Waals surface area contributed by atoms with Crippen LogP contribution in [0.3, 0.4) is 0 Å². The third kappa shape index (κ3) is 3.11. The molecule has 0 bridgehead atoms. The maximum atomic E-state index is 12.6. The third-order valence-corrected chi connectivity index (χ3v) is 5.00. The van der Waals surface area contributed by atoms with Crippen LogP contribution in [-0.2, 0) is 18.9 Å². The molecule has 3 rings (SSSR count). The minimum atomic E-state index is -1.05. The molecule has 10 heteroatoms. The molecular weight excluding hydrogens is 380 g/mol. The zero-order valence-corrected chi connectivity index (χ0v) is 15.3. The van der Waals surface area contributed by atoms with Gasteiger partial charge in [0.05, 0.1) is 10.8 Å². The quantitative estimate of drug-likeness (QED) is 0.529. The Labute approximate surface area is 156 Å². The molecule has 3 aromatic rings. The number of benzene rings is 1. The standard InChI is InChI=1S/C16H13ClN4O4S/c1-20-13-11(15(24)21(2)16(20)25)14(26-7-10(22)23)19-12(18-13)8-5-3-4-6-9(8)17/h3-6H,7H2,1-2H3,(H,22,23). The van der Waals surface area contributed by atoms with Gasteiger partial charge < -0.3 is 5.11 Å². The smallest absolute Gasteiger partial charge is 0.332 e. The molecule has 1 N–H and O–H groups in total. The van der Waals surface area contributed by atoms with E-state index in [1.54, 1.807) is 24.3 Å². The Morgan fingerprint density at radius 1 is 1.19 bits per heavy atom. The zero-order valence-electron chi connectivity index (χ0n) is 13.8. The van der Waals surface area contributed by atoms with Crippen LogP contribution in [0.25, 0.3) is 22.4 Å². The zero-order chi connectivity index (χ0) is 19.0. The van der Waals surface area contributed by atoms with Crippen molar-refractivity contribution in [1.82, 2.24) is 19.1 Å². The molecule has 0 aliphatic carbocycles. The monoisotopic (exact) mass is 392 g/mol. The Balaban J connectivity index is 2.40. The van der Waals surface area contributed by atoms with E-state index in [1.165, 1.54) is 18.7 Å². The second kappa shape index (κ2) is 6.93. The average molecular weight is 393 g/mol. The van der Waals surface area contributed by atoms with Crippen LogP contribution in [0.4, 0.5) is 0 Å². The number of carboxylic acids is 1. The number of aromatic nitrogens is 4. The number of fused-ring (bicyclic) bond motifs is 1. The van der Waals surface area contributed by atoms with Crippen LogP contribution in [0.1, 0.15) is 0 Å². The predicted molar refractivity (Wildman–Crippen MR) is 98.8 cm³/mol. The summed E-state index contributed by atoms with van der Waals surface area (Å²) in [7, 11) is 2.83. The van der Waals surface area contributed by atoms with Crippen molar-refractivity contribution >= 4 is 40.4 Å². The largest absolute Gasteiger partial charge is 0.481 e. The minimum absolute atomic E-state index is 0.0941. The summed E-state index contributed by atoms with van der Waals surface area (Å²) in [6.07, 6.45) is 0. The van der Waals surface area contributed by atoms with Crippen LogP contribution in [0.15, 0.2) is 38.9 Å². The van der Waals surface area contributed by atoms with E-state index in [1.807, 2.05) is 0 Å². The molecule has 0 unspecified atom stereocenters. The molecule has 0 saturated heterocycles. The van der Waals surface area contributed by atoms with Gasteiger partial charge in [-0.05, 0) is 12.1 Å². The molecule has 26 heavy (non-hydrogen) atoms. The van der Waals surface area contributed by atoms with E-state index in [0.717, 1.165) is 16.3 Å². The van der Waals surface area contributed by atoms with Crippen molar-refractivity contribution in [3.63, 3.8) is 0 Å². The number of nitrogens with zero attached hydrogens (tertiary/aromatic N) is 4. The Bertz CT molecular complexity index is 1160. The van der Waals surface area contributed by atoms with Gasteiger partial charge >= 0.3 is 11.7 Å². The Morgan fingerprint density at radius 3 is 2.54 bits per heavy atom. The molecule has 0 aliphatic rings. The fourth-order valence-electron chi connectivity index (χ4n) is 2.43. The molecule has 2 heterocycles. The lowest BCUT2D eigenvalue weighted by molar-refractivity contribution is -0.133. The summed E-state index contributed by atoms with van der Waals surface area (Å²) in [6.45, 7) is 0. The highest BCUT2D eigenvalue weighted by Gasteiger charge is 2.19. The molecule has 1 aromatic carbocycles. The number of thioether (sulfide) groups is 1. The lowest BCUT2D eigenvalue weighted by atomic mass is 10.2. The van der Waals surface area contributed by atoms with Gasteiger partial charge in [-0.3, -0.25) is 18.7 Å². The summed E-state index contributed by atoms with van der Waals surface area (Å²) in [6, 6.07) is 6.87. The molecule has 0 saturated carbocycles. The Kier molecular flexibility index (Phi) is 4.84. The van der Waals surface area contributed by atoms with Crippen LogP contribution in [0.5, 0.6) is 0 Å². The number of hydrogen-bond donors (Lipinski definition) is 1. The topological polar surface area (TPSA) is 107 Å². The van der Waals surface area contributed by atoms with E-state index in [0.29, 0.717) is 10.6 Å². The fourth-order valence-corrected chi connectivity index (χ4v) is 3.38. The number of halogens is 1. The maximum absolute atomic E-state index is 12.6. The van der Waals surface area contributed by atoms with Gasteiger partial charge in [0.25, 0.3) is 5.56 Å². The van der Waals surface area contributed by atoms with Gasteiger partial charge in [-0.1, -0.05) is 35.5 Å². The number of carboxylic acid groups (broad SMARTS) is 1. The summed E-state index contributed by atoms with van der Waals surface area (Å²) in [5.41, 5.74) is -0.487. The molecule has 2 aromatic heterocycles. The van der Waals surface area contributed by atoms with Crippen LogP contribution in [0, 0.1) is 0 Å². The van der Waals surface area contributed by atoms with Gasteiger partial charge in [0.1, 0.15) is 10.4 Å². The van der Waals surface area contributed by atoms with Crippen molar-refractivity contribution in [2.75, 3.05) is 5.75 Å². The second-order valence-electron chi connectivity index (χ2n) is 5.42. The summed E-state index contributed by atoms with van der Waals surface area (Å²) in [5, 5.41) is 9.65. The molecule has 0 spiro atoms. The van der Waals surface area contributed by atoms with Crippen LogP contribution < -0.4 is 11.2 Å². The summed E-state index contributed by atoms with van der Waals surface area (Å²) < 4.78 is 2.16. The highest BCUT2D eigenvalue weighted by Crippen LogP contribution is 2.29. The van der Waals surface area contributed by atoms with E-state index in [-0.39, 0.29) is 27.6 Å². The van der Waals surface area contributed by atoms with E-state index >= 15 is 0 Å². The highest BCUT2D eigenvalue weighted by atomic mass is 35.5. The van der Waals surface area contributed by atoms with Crippen molar-refractivity contribution < 1.29 is 9.90 Å². The first-order valence-corrected chi connectivity index (χ1v) is 8.75. The molecular formula is C16H13ClN4O4S. The van der Waals surface area contributed by atoms with Gasteiger partial charge in [-0.25, -0.2) is 14.8 Å². The van der Waals surface area contributed by atoms with Gasteiger partial charge in [-0.15, -0.1) is 0 Å². The third-order valence-electron chi connectivity index (χ3n) is 3.71. The normalized spacial score (nSPS) is 11.0. The molecule has 0 aliphatic heterocycles. The first-order chi connectivity index (χ1) is 12.3. The van der Waals surface area contributed by atoms with Crippen molar-refractivity contribution in [3.05, 3.63) is 50.1 Å². The molecule has 0 fully saturated rings. The van der Waals surface area contributed by atoms with Crippen LogP contribution in [0.2, 0.25) is 5.02 Å². The lowest BCUT2D eigenvalue weighted by Crippen LogP contribution is -2.37. The van der Waals surface area contributed by atoms with E-state index in [4.69, 9.17) is 16.7 Å². The molecule has 0 radical (unpaired) electrons. The van der Waals surface area contributed by atoms with Crippen LogP contribution in [-0.4, -0.2) is 35.9 Å². The maximum Gasteiger partial charge on any atom is 0.332 e. The lowest BCUT2D eigenvalue weighted by Gasteiger charge is -2.12. The number of rotatable bonds is 4. The summed E-state index contributed by atoms with van der Waals surface area (Å²) in [4.78, 5) is 44.5. The fraction of sp³-hybridized carbons (Fsp3) is 0.188. The molecule has 134 valence electrons. The SMILES string of the molecule is Cn1c(=O)c2c(SCC(=O)O)nc(-c3ccccc3Cl)nc2n(C)c1=O. The van der Waals surface area contributed by atoms with E-state index in [2.05, 4.69) is 9.97 Å². The van der Waals surface area contributed by atoms with Crippen molar-refractivity contribution in [2.45, 2.75) is 5.03 Å². The van der Waals surface area contributed by atoms with Crippen molar-refractivity contribution in [2.24, 2.45) is 14.1 Å². The molecule has 0 atom stereocenters. The van der Waals surface area contributed by atoms with Crippen molar-refractivity contribution in [3.8, 4) is 11.4 Å². The van der Waals surface area contributed by atoms with Crippen molar-refractivity contribution in [1.29, 1.82) is 0 Å². The van der Waals surface area contributed by atoms with Gasteiger partial charge in [0, 0.05) is 19.7 Å². The second-order valence-corrected chi connectivity index (χ2v) is 6.79. The number of carbonyl (C=O) groups is 1. The average Bonchev–Trinajstić information content (AvgIpc) is 2.62. The number of hydrogen-bond acceptors (Lipinski definition) is 6. The number of aryl methyl sites for hydroxylation is 1. The van der Waals surface area contributed by atoms with Gasteiger partial charge in [0.15, 0.2) is 11.5 Å². The van der Waals surface area contributed by atoms with E-state index < -0.39 is 17.2 Å². The minimum Gasteiger partial charge on any atom is -0.481 e. The Hall–Kier alpha value is -2.65. The highest BCUT2D eigenvalue weighted by molar-refractivity contribution is 8.00. The first kappa shape index (κ1) is 18.2.